The van der Waals surface area contributed by atoms with Gasteiger partial charge in [-0.1, -0.05) is 50.9 Å². The summed E-state index contributed by atoms with van der Waals surface area (Å²) in [5.74, 6) is 1.38. The van der Waals surface area contributed by atoms with Crippen LogP contribution in [0.2, 0.25) is 0 Å². The Kier molecular flexibility index (Phi) is 7.54. The molecule has 0 unspecified atom stereocenters. The lowest BCUT2D eigenvalue weighted by Crippen LogP contribution is -2.00. The van der Waals surface area contributed by atoms with Crippen molar-refractivity contribution in [2.24, 2.45) is 0 Å². The van der Waals surface area contributed by atoms with Crippen LogP contribution in [0.25, 0.3) is 11.6 Å². The molecule has 0 saturated heterocycles. The van der Waals surface area contributed by atoms with Crippen molar-refractivity contribution in [3.05, 3.63) is 56.5 Å². The van der Waals surface area contributed by atoms with Crippen molar-refractivity contribution in [2.45, 2.75) is 20.3 Å². The summed E-state index contributed by atoms with van der Waals surface area (Å²) in [6, 6.07) is 13.7. The van der Waals surface area contributed by atoms with E-state index in [0.717, 1.165) is 26.5 Å². The minimum Gasteiger partial charge on any atom is -0.490 e. The van der Waals surface area contributed by atoms with Gasteiger partial charge < -0.3 is 9.47 Å². The lowest BCUT2D eigenvalue weighted by molar-refractivity contribution is 0.276. The van der Waals surface area contributed by atoms with Crippen LogP contribution in [0.1, 0.15) is 31.4 Å². The third-order valence-electron chi connectivity index (χ3n) is 3.40. The summed E-state index contributed by atoms with van der Waals surface area (Å²) in [4.78, 5) is 0. The molecule has 0 atom stereocenters. The van der Waals surface area contributed by atoms with Crippen LogP contribution in [0.3, 0.4) is 0 Å². The van der Waals surface area contributed by atoms with Gasteiger partial charge in [0.05, 0.1) is 24.9 Å². The van der Waals surface area contributed by atoms with Crippen LogP contribution in [-0.4, -0.2) is 13.2 Å². The van der Waals surface area contributed by atoms with Crippen molar-refractivity contribution >= 4 is 43.5 Å². The van der Waals surface area contributed by atoms with E-state index in [1.807, 2.05) is 49.4 Å². The molecule has 0 aromatic heterocycles. The van der Waals surface area contributed by atoms with Gasteiger partial charge in [-0.25, -0.2) is 0 Å². The lowest BCUT2D eigenvalue weighted by atomic mass is 10.0. The summed E-state index contributed by atoms with van der Waals surface area (Å²) in [7, 11) is 0. The lowest BCUT2D eigenvalue weighted by Gasteiger charge is -2.13. The van der Waals surface area contributed by atoms with Crippen LogP contribution >= 0.6 is 31.9 Å². The molecule has 130 valence electrons. The summed E-state index contributed by atoms with van der Waals surface area (Å²) in [6.45, 7) is 5.17. The molecular formula is C20H19Br2NO2. The Balaban J connectivity index is 2.44. The summed E-state index contributed by atoms with van der Waals surface area (Å²) < 4.78 is 13.3. The number of nitriles is 1. The summed E-state index contributed by atoms with van der Waals surface area (Å²) in [5, 5.41) is 9.54. The largest absolute Gasteiger partial charge is 0.490 e. The monoisotopic (exact) mass is 463 g/mol. The second kappa shape index (κ2) is 9.65. The SMILES string of the molecule is CCCOc1cc(Br)c(/C=C(\C#N)c2ccc(Br)cc2)cc1OCC. The summed E-state index contributed by atoms with van der Waals surface area (Å²) >= 11 is 6.98. The second-order valence-corrected chi connectivity index (χ2v) is 7.05. The average molecular weight is 465 g/mol. The highest BCUT2D eigenvalue weighted by Crippen LogP contribution is 2.35. The maximum atomic E-state index is 9.54. The van der Waals surface area contributed by atoms with Gasteiger partial charge in [-0.05, 0) is 54.8 Å². The molecule has 0 aliphatic heterocycles. The van der Waals surface area contributed by atoms with E-state index < -0.39 is 0 Å². The first-order valence-electron chi connectivity index (χ1n) is 8.05. The molecule has 2 rings (SSSR count). The topological polar surface area (TPSA) is 42.2 Å². The number of nitrogens with zero attached hydrogens (tertiary/aromatic N) is 1. The maximum absolute atomic E-state index is 9.54. The molecule has 0 fully saturated rings. The van der Waals surface area contributed by atoms with Gasteiger partial charge in [-0.2, -0.15) is 5.26 Å². The van der Waals surface area contributed by atoms with Crippen LogP contribution in [0, 0.1) is 11.3 Å². The van der Waals surface area contributed by atoms with Crippen LogP contribution < -0.4 is 9.47 Å². The zero-order valence-electron chi connectivity index (χ0n) is 14.2. The molecule has 5 heteroatoms. The fraction of sp³-hybridized carbons (Fsp3) is 0.250. The smallest absolute Gasteiger partial charge is 0.162 e. The maximum Gasteiger partial charge on any atom is 0.162 e. The highest BCUT2D eigenvalue weighted by atomic mass is 79.9. The van der Waals surface area contributed by atoms with Crippen molar-refractivity contribution < 1.29 is 9.47 Å². The van der Waals surface area contributed by atoms with Crippen LogP contribution in [0.4, 0.5) is 0 Å². The highest BCUT2D eigenvalue weighted by Gasteiger charge is 2.11. The van der Waals surface area contributed by atoms with Crippen molar-refractivity contribution in [3.63, 3.8) is 0 Å². The Bertz CT molecular complexity index is 793. The number of allylic oxidation sites excluding steroid dienone is 1. The molecule has 0 aliphatic carbocycles. The molecule has 25 heavy (non-hydrogen) atoms. The second-order valence-electron chi connectivity index (χ2n) is 5.28. The van der Waals surface area contributed by atoms with Gasteiger partial charge in [0.1, 0.15) is 0 Å². The zero-order valence-corrected chi connectivity index (χ0v) is 17.4. The van der Waals surface area contributed by atoms with Gasteiger partial charge >= 0.3 is 0 Å². The number of ether oxygens (including phenoxy) is 2. The molecule has 0 N–H and O–H groups in total. The Labute approximate surface area is 165 Å². The molecule has 3 nitrogen and oxygen atoms in total. The van der Waals surface area contributed by atoms with Gasteiger partial charge in [0, 0.05) is 8.95 Å². The summed E-state index contributed by atoms with van der Waals surface area (Å²) in [6.07, 6.45) is 2.77. The van der Waals surface area contributed by atoms with Gasteiger partial charge in [-0.3, -0.25) is 0 Å². The Morgan fingerprint density at radius 1 is 1.08 bits per heavy atom. The standard InChI is InChI=1S/C20H19Br2NO2/c1-3-9-25-20-12-18(22)15(11-19(20)24-4-2)10-16(13-23)14-5-7-17(21)8-6-14/h5-8,10-12H,3-4,9H2,1-2H3/b16-10+. The van der Waals surface area contributed by atoms with Crippen LogP contribution in [0.15, 0.2) is 45.3 Å². The number of rotatable bonds is 7. The quantitative estimate of drug-likeness (QED) is 0.348. The number of benzene rings is 2. The van der Waals surface area contributed by atoms with Gasteiger partial charge in [-0.15, -0.1) is 0 Å². The predicted molar refractivity (Wildman–Crippen MR) is 109 cm³/mol. The van der Waals surface area contributed by atoms with Crippen LogP contribution in [0.5, 0.6) is 11.5 Å². The first kappa shape index (κ1) is 19.6. The van der Waals surface area contributed by atoms with Crippen molar-refractivity contribution in [1.29, 1.82) is 5.26 Å². The Morgan fingerprint density at radius 3 is 2.36 bits per heavy atom. The average Bonchev–Trinajstić information content (AvgIpc) is 2.61. The minimum absolute atomic E-state index is 0.547. The van der Waals surface area contributed by atoms with Crippen molar-refractivity contribution in [3.8, 4) is 17.6 Å². The predicted octanol–water partition coefficient (Wildman–Crippen LogP) is 6.46. The first-order valence-corrected chi connectivity index (χ1v) is 9.64. The third-order valence-corrected chi connectivity index (χ3v) is 4.62. The molecule has 0 amide bonds. The van der Waals surface area contributed by atoms with E-state index in [1.54, 1.807) is 0 Å². The van der Waals surface area contributed by atoms with Crippen LogP contribution in [-0.2, 0) is 0 Å². The first-order chi connectivity index (χ1) is 12.1. The van der Waals surface area contributed by atoms with Crippen molar-refractivity contribution in [1.82, 2.24) is 0 Å². The molecular weight excluding hydrogens is 446 g/mol. The van der Waals surface area contributed by atoms with E-state index in [1.165, 1.54) is 0 Å². The normalized spacial score (nSPS) is 11.1. The van der Waals surface area contributed by atoms with E-state index in [4.69, 9.17) is 9.47 Å². The van der Waals surface area contributed by atoms with E-state index in [9.17, 15) is 5.26 Å². The van der Waals surface area contributed by atoms with Gasteiger partial charge in [0.25, 0.3) is 0 Å². The molecule has 0 heterocycles. The third kappa shape index (κ3) is 5.35. The molecule has 0 aliphatic rings. The van der Waals surface area contributed by atoms with Crippen molar-refractivity contribution in [2.75, 3.05) is 13.2 Å². The fourth-order valence-corrected chi connectivity index (χ4v) is 2.92. The Hall–Kier alpha value is -1.77. The molecule has 2 aromatic rings. The van der Waals surface area contributed by atoms with E-state index in [-0.39, 0.29) is 0 Å². The zero-order chi connectivity index (χ0) is 18.2. The fourth-order valence-electron chi connectivity index (χ4n) is 2.22. The van der Waals surface area contributed by atoms with E-state index >= 15 is 0 Å². The molecule has 0 saturated carbocycles. The van der Waals surface area contributed by atoms with E-state index in [0.29, 0.717) is 30.3 Å². The Morgan fingerprint density at radius 2 is 1.76 bits per heavy atom. The number of hydrogen-bond acceptors (Lipinski definition) is 3. The number of hydrogen-bond donors (Lipinski definition) is 0. The number of halogens is 2. The molecule has 0 bridgehead atoms. The highest BCUT2D eigenvalue weighted by molar-refractivity contribution is 9.10. The summed E-state index contributed by atoms with van der Waals surface area (Å²) in [5.41, 5.74) is 2.31. The van der Waals surface area contributed by atoms with E-state index in [2.05, 4.69) is 44.9 Å². The molecule has 2 aromatic carbocycles. The molecule has 0 spiro atoms. The molecule has 0 radical (unpaired) electrons. The van der Waals surface area contributed by atoms with Gasteiger partial charge in [0.15, 0.2) is 11.5 Å². The van der Waals surface area contributed by atoms with Gasteiger partial charge in [0.2, 0.25) is 0 Å². The minimum atomic E-state index is 0.547.